The van der Waals surface area contributed by atoms with Gasteiger partial charge in [0.15, 0.2) is 17.3 Å². The van der Waals surface area contributed by atoms with E-state index in [9.17, 15) is 24.9 Å². The lowest BCUT2D eigenvalue weighted by molar-refractivity contribution is -0.278. The molecule has 9 heteroatoms. The van der Waals surface area contributed by atoms with Gasteiger partial charge in [0, 0.05) is 11.6 Å². The highest BCUT2D eigenvalue weighted by molar-refractivity contribution is 5.94. The highest BCUT2D eigenvalue weighted by Crippen LogP contribution is 2.32. The molecule has 3 rings (SSSR count). The molecule has 3 N–H and O–H groups in total. The number of aliphatic hydroxyl groups is 3. The van der Waals surface area contributed by atoms with E-state index in [0.717, 1.165) is 5.56 Å². The number of hydrogen-bond acceptors (Lipinski definition) is 9. The molecule has 1 heterocycles. The molecule has 0 radical (unpaired) electrons. The third-order valence-corrected chi connectivity index (χ3v) is 5.08. The van der Waals surface area contributed by atoms with E-state index in [0.29, 0.717) is 5.56 Å². The van der Waals surface area contributed by atoms with Gasteiger partial charge in [0.05, 0.1) is 7.11 Å². The SMILES string of the molecule is COc1cc(C(C)=O)ccc1OC1OC(COC(=O)C=Cc2ccccc2)C(O)C(O)C1O. The van der Waals surface area contributed by atoms with Crippen molar-refractivity contribution in [2.45, 2.75) is 37.6 Å². The number of methoxy groups -OCH3 is 1. The van der Waals surface area contributed by atoms with Crippen LogP contribution in [-0.4, -0.2) is 71.5 Å². The fourth-order valence-electron chi connectivity index (χ4n) is 3.20. The zero-order valence-corrected chi connectivity index (χ0v) is 18.2. The van der Waals surface area contributed by atoms with Crippen LogP contribution in [0.5, 0.6) is 11.5 Å². The van der Waals surface area contributed by atoms with Gasteiger partial charge < -0.3 is 34.3 Å². The molecule has 5 atom stereocenters. The number of Topliss-reactive ketones (excluding diaryl/α,β-unsaturated/α-hetero) is 1. The van der Waals surface area contributed by atoms with Gasteiger partial charge in [-0.05, 0) is 36.8 Å². The fourth-order valence-corrected chi connectivity index (χ4v) is 3.20. The van der Waals surface area contributed by atoms with Gasteiger partial charge in [0.25, 0.3) is 0 Å². The first kappa shape index (κ1) is 24.4. The summed E-state index contributed by atoms with van der Waals surface area (Å²) >= 11 is 0. The van der Waals surface area contributed by atoms with E-state index in [-0.39, 0.29) is 23.9 Å². The number of carbonyl (C=O) groups excluding carboxylic acids is 2. The zero-order chi connectivity index (χ0) is 24.0. The summed E-state index contributed by atoms with van der Waals surface area (Å²) in [5, 5.41) is 30.8. The smallest absolute Gasteiger partial charge is 0.330 e. The second-order valence-corrected chi connectivity index (χ2v) is 7.43. The summed E-state index contributed by atoms with van der Waals surface area (Å²) in [4.78, 5) is 23.6. The van der Waals surface area contributed by atoms with E-state index in [1.807, 2.05) is 30.3 Å². The first-order valence-electron chi connectivity index (χ1n) is 10.3. The van der Waals surface area contributed by atoms with Gasteiger partial charge >= 0.3 is 5.97 Å². The van der Waals surface area contributed by atoms with Gasteiger partial charge in [0.2, 0.25) is 6.29 Å². The summed E-state index contributed by atoms with van der Waals surface area (Å²) in [6, 6.07) is 13.6. The number of ether oxygens (including phenoxy) is 4. The molecule has 0 spiro atoms. The second kappa shape index (κ2) is 11.1. The van der Waals surface area contributed by atoms with Crippen LogP contribution < -0.4 is 9.47 Å². The lowest BCUT2D eigenvalue weighted by Crippen LogP contribution is -2.60. The summed E-state index contributed by atoms with van der Waals surface area (Å²) in [5.74, 6) is -0.477. The molecule has 1 aliphatic heterocycles. The van der Waals surface area contributed by atoms with Crippen molar-refractivity contribution in [1.29, 1.82) is 0 Å². The van der Waals surface area contributed by atoms with Crippen LogP contribution in [0.25, 0.3) is 6.08 Å². The minimum atomic E-state index is -1.62. The van der Waals surface area contributed by atoms with E-state index in [1.165, 1.54) is 38.3 Å². The van der Waals surface area contributed by atoms with Crippen LogP contribution in [0.2, 0.25) is 0 Å². The third kappa shape index (κ3) is 6.17. The highest BCUT2D eigenvalue weighted by Gasteiger charge is 2.45. The van der Waals surface area contributed by atoms with Crippen LogP contribution in [0.4, 0.5) is 0 Å². The van der Waals surface area contributed by atoms with Crippen molar-refractivity contribution < 1.29 is 43.9 Å². The zero-order valence-electron chi connectivity index (χ0n) is 18.2. The molecule has 176 valence electrons. The summed E-state index contributed by atoms with van der Waals surface area (Å²) in [6.45, 7) is 1.02. The van der Waals surface area contributed by atoms with E-state index in [1.54, 1.807) is 6.08 Å². The lowest BCUT2D eigenvalue weighted by Gasteiger charge is -2.40. The van der Waals surface area contributed by atoms with Crippen LogP contribution in [0.1, 0.15) is 22.8 Å². The number of aliphatic hydroxyl groups excluding tert-OH is 3. The Morgan fingerprint density at radius 1 is 1.00 bits per heavy atom. The molecule has 2 aromatic rings. The molecule has 1 aliphatic rings. The number of esters is 1. The molecule has 0 aromatic heterocycles. The van der Waals surface area contributed by atoms with Crippen LogP contribution in [0.3, 0.4) is 0 Å². The van der Waals surface area contributed by atoms with Crippen LogP contribution in [0.15, 0.2) is 54.6 Å². The maximum atomic E-state index is 12.0. The number of benzene rings is 2. The Labute approximate surface area is 190 Å². The number of ketones is 1. The monoisotopic (exact) mass is 458 g/mol. The van der Waals surface area contributed by atoms with Crippen molar-refractivity contribution in [3.8, 4) is 11.5 Å². The highest BCUT2D eigenvalue weighted by atomic mass is 16.7. The Morgan fingerprint density at radius 2 is 1.73 bits per heavy atom. The van der Waals surface area contributed by atoms with Crippen molar-refractivity contribution in [1.82, 2.24) is 0 Å². The first-order valence-corrected chi connectivity index (χ1v) is 10.3. The Hall–Kier alpha value is -3.24. The molecule has 2 aromatic carbocycles. The Kier molecular flexibility index (Phi) is 8.18. The fraction of sp³-hybridized carbons (Fsp3) is 0.333. The molecule has 5 unspecified atom stereocenters. The molecule has 0 aliphatic carbocycles. The van der Waals surface area contributed by atoms with Gasteiger partial charge in [-0.15, -0.1) is 0 Å². The number of hydrogen-bond donors (Lipinski definition) is 3. The van der Waals surface area contributed by atoms with Crippen molar-refractivity contribution in [3.05, 3.63) is 65.7 Å². The molecular weight excluding hydrogens is 432 g/mol. The molecule has 1 saturated heterocycles. The van der Waals surface area contributed by atoms with E-state index >= 15 is 0 Å². The van der Waals surface area contributed by atoms with Gasteiger partial charge in [0.1, 0.15) is 31.0 Å². The quantitative estimate of drug-likeness (QED) is 0.305. The van der Waals surface area contributed by atoms with Crippen LogP contribution >= 0.6 is 0 Å². The third-order valence-electron chi connectivity index (χ3n) is 5.08. The van der Waals surface area contributed by atoms with Crippen LogP contribution in [-0.2, 0) is 14.3 Å². The maximum Gasteiger partial charge on any atom is 0.330 e. The molecule has 0 bridgehead atoms. The molecule has 1 fully saturated rings. The van der Waals surface area contributed by atoms with E-state index < -0.39 is 36.7 Å². The number of rotatable bonds is 8. The van der Waals surface area contributed by atoms with Crippen LogP contribution in [0, 0.1) is 0 Å². The topological polar surface area (TPSA) is 132 Å². The molecule has 0 amide bonds. The van der Waals surface area contributed by atoms with E-state index in [4.69, 9.17) is 18.9 Å². The summed E-state index contributed by atoms with van der Waals surface area (Å²) in [7, 11) is 1.38. The normalized spacial score (nSPS) is 24.9. The minimum Gasteiger partial charge on any atom is -0.493 e. The molecule has 9 nitrogen and oxygen atoms in total. The van der Waals surface area contributed by atoms with Crippen molar-refractivity contribution in [2.24, 2.45) is 0 Å². The lowest BCUT2D eigenvalue weighted by atomic mass is 9.99. The average molecular weight is 458 g/mol. The minimum absolute atomic E-state index is 0.150. The Bertz CT molecular complexity index is 989. The van der Waals surface area contributed by atoms with Gasteiger partial charge in [-0.2, -0.15) is 0 Å². The summed E-state index contributed by atoms with van der Waals surface area (Å²) in [6.07, 6.45) is -4.49. The molecule has 0 saturated carbocycles. The van der Waals surface area contributed by atoms with Gasteiger partial charge in [-0.1, -0.05) is 30.3 Å². The predicted octanol–water partition coefficient (Wildman–Crippen LogP) is 1.34. The Morgan fingerprint density at radius 3 is 2.39 bits per heavy atom. The molecule has 33 heavy (non-hydrogen) atoms. The maximum absolute atomic E-state index is 12.0. The van der Waals surface area contributed by atoms with E-state index in [2.05, 4.69) is 0 Å². The largest absolute Gasteiger partial charge is 0.493 e. The average Bonchev–Trinajstić information content (AvgIpc) is 2.82. The Balaban J connectivity index is 1.65. The molecular formula is C24H26O9. The van der Waals surface area contributed by atoms with Gasteiger partial charge in [-0.25, -0.2) is 4.79 Å². The van der Waals surface area contributed by atoms with Crippen molar-refractivity contribution >= 4 is 17.8 Å². The summed E-state index contributed by atoms with van der Waals surface area (Å²) < 4.78 is 21.6. The predicted molar refractivity (Wildman–Crippen MR) is 117 cm³/mol. The van der Waals surface area contributed by atoms with Gasteiger partial charge in [-0.3, -0.25) is 4.79 Å². The number of carbonyl (C=O) groups is 2. The first-order chi connectivity index (χ1) is 15.8. The standard InChI is InChI=1S/C24H26O9/c1-14(25)16-9-10-17(18(12-16)30-2)32-24-23(29)22(28)21(27)19(33-24)13-31-20(26)11-8-15-6-4-3-5-7-15/h3-12,19,21-24,27-29H,13H2,1-2H3. The van der Waals surface area contributed by atoms with Crippen molar-refractivity contribution in [2.75, 3.05) is 13.7 Å². The second-order valence-electron chi connectivity index (χ2n) is 7.43. The van der Waals surface area contributed by atoms with Crippen molar-refractivity contribution in [3.63, 3.8) is 0 Å². The summed E-state index contributed by atoms with van der Waals surface area (Å²) in [5.41, 5.74) is 1.20.